The molecule has 0 saturated heterocycles. The number of hydroxylamine groups is 1. The predicted octanol–water partition coefficient (Wildman–Crippen LogP) is 1.10. The van der Waals surface area contributed by atoms with E-state index in [-0.39, 0.29) is 11.8 Å². The van der Waals surface area contributed by atoms with E-state index in [0.717, 1.165) is 30.4 Å². The minimum absolute atomic E-state index is 0.251. The maximum Gasteiger partial charge on any atom is 0.274 e. The molecule has 2 N–H and O–H groups in total. The summed E-state index contributed by atoms with van der Waals surface area (Å²) >= 11 is 0. The standard InChI is InChI=1S/C14H16N2O3/c17-13(15-19)11-3-4-12-8-16(6-5-10(12)7-11)14(18)9-1-2-9/h3-4,7,9,19H,1-2,5-6,8H2,(H,15,17). The van der Waals surface area contributed by atoms with Gasteiger partial charge in [-0.05, 0) is 42.5 Å². The summed E-state index contributed by atoms with van der Waals surface area (Å²) in [5, 5.41) is 8.62. The summed E-state index contributed by atoms with van der Waals surface area (Å²) in [5.74, 6) is 0.0168. The zero-order valence-electron chi connectivity index (χ0n) is 10.6. The molecule has 1 aromatic rings. The third kappa shape index (κ3) is 2.33. The Morgan fingerprint density at radius 2 is 2.05 bits per heavy atom. The second-order valence-corrected chi connectivity index (χ2v) is 5.21. The van der Waals surface area contributed by atoms with Gasteiger partial charge in [0.05, 0.1) is 0 Å². The van der Waals surface area contributed by atoms with Crippen molar-refractivity contribution in [3.05, 3.63) is 34.9 Å². The minimum Gasteiger partial charge on any atom is -0.338 e. The van der Waals surface area contributed by atoms with Crippen LogP contribution in [0, 0.1) is 5.92 Å². The molecule has 2 amide bonds. The summed E-state index contributed by atoms with van der Waals surface area (Å²) in [4.78, 5) is 25.3. The molecule has 0 spiro atoms. The molecule has 3 rings (SSSR count). The molecule has 5 heteroatoms. The fourth-order valence-electron chi connectivity index (χ4n) is 2.54. The van der Waals surface area contributed by atoms with Gasteiger partial charge in [-0.25, -0.2) is 5.48 Å². The summed E-state index contributed by atoms with van der Waals surface area (Å²) in [6, 6.07) is 5.33. The zero-order valence-corrected chi connectivity index (χ0v) is 10.6. The summed E-state index contributed by atoms with van der Waals surface area (Å²) in [7, 11) is 0. The van der Waals surface area contributed by atoms with E-state index in [2.05, 4.69) is 0 Å². The number of benzene rings is 1. The number of carbonyl (C=O) groups excluding carboxylic acids is 2. The van der Waals surface area contributed by atoms with Crippen molar-refractivity contribution in [3.8, 4) is 0 Å². The molecular formula is C14H16N2O3. The van der Waals surface area contributed by atoms with Crippen molar-refractivity contribution >= 4 is 11.8 Å². The van der Waals surface area contributed by atoms with E-state index >= 15 is 0 Å². The number of nitrogens with one attached hydrogen (secondary N) is 1. The number of fused-ring (bicyclic) bond motifs is 1. The average molecular weight is 260 g/mol. The first-order valence-electron chi connectivity index (χ1n) is 6.54. The van der Waals surface area contributed by atoms with Crippen LogP contribution in [0.25, 0.3) is 0 Å². The third-order valence-electron chi connectivity index (χ3n) is 3.82. The van der Waals surface area contributed by atoms with E-state index in [4.69, 9.17) is 5.21 Å². The van der Waals surface area contributed by atoms with E-state index < -0.39 is 5.91 Å². The van der Waals surface area contributed by atoms with Crippen LogP contribution in [-0.4, -0.2) is 28.5 Å². The van der Waals surface area contributed by atoms with Crippen LogP contribution in [0.2, 0.25) is 0 Å². The van der Waals surface area contributed by atoms with Gasteiger partial charge in [-0.15, -0.1) is 0 Å². The summed E-state index contributed by atoms with van der Waals surface area (Å²) in [6.07, 6.45) is 2.82. The molecule has 2 aliphatic rings. The summed E-state index contributed by atoms with van der Waals surface area (Å²) < 4.78 is 0. The van der Waals surface area contributed by atoms with Crippen molar-refractivity contribution < 1.29 is 14.8 Å². The molecule has 1 fully saturated rings. The highest BCUT2D eigenvalue weighted by molar-refractivity contribution is 5.93. The Hall–Kier alpha value is -1.88. The van der Waals surface area contributed by atoms with Crippen LogP contribution in [-0.2, 0) is 17.8 Å². The molecule has 100 valence electrons. The molecule has 1 heterocycles. The molecular weight excluding hydrogens is 244 g/mol. The van der Waals surface area contributed by atoms with E-state index in [1.54, 1.807) is 17.6 Å². The van der Waals surface area contributed by atoms with Crippen LogP contribution < -0.4 is 5.48 Å². The molecule has 0 unspecified atom stereocenters. The van der Waals surface area contributed by atoms with E-state index in [0.29, 0.717) is 18.7 Å². The maximum absolute atomic E-state index is 12.0. The largest absolute Gasteiger partial charge is 0.338 e. The van der Waals surface area contributed by atoms with Gasteiger partial charge in [0, 0.05) is 24.6 Å². The number of carbonyl (C=O) groups is 2. The summed E-state index contributed by atoms with van der Waals surface area (Å²) in [6.45, 7) is 1.35. The molecule has 5 nitrogen and oxygen atoms in total. The quantitative estimate of drug-likeness (QED) is 0.618. The first-order valence-corrected chi connectivity index (χ1v) is 6.54. The predicted molar refractivity (Wildman–Crippen MR) is 67.5 cm³/mol. The lowest BCUT2D eigenvalue weighted by atomic mass is 9.97. The maximum atomic E-state index is 12.0. The monoisotopic (exact) mass is 260 g/mol. The Morgan fingerprint density at radius 1 is 1.26 bits per heavy atom. The van der Waals surface area contributed by atoms with Crippen LogP contribution in [0.3, 0.4) is 0 Å². The first kappa shape index (κ1) is 12.2. The van der Waals surface area contributed by atoms with E-state index in [1.807, 2.05) is 11.0 Å². The average Bonchev–Trinajstić information content (AvgIpc) is 3.29. The number of rotatable bonds is 2. The van der Waals surface area contributed by atoms with Crippen LogP contribution >= 0.6 is 0 Å². The second kappa shape index (κ2) is 4.66. The Balaban J connectivity index is 1.78. The van der Waals surface area contributed by atoms with Crippen molar-refractivity contribution in [2.75, 3.05) is 6.54 Å². The molecule has 0 bridgehead atoms. The number of nitrogens with zero attached hydrogens (tertiary/aromatic N) is 1. The fraction of sp³-hybridized carbons (Fsp3) is 0.429. The van der Waals surface area contributed by atoms with Gasteiger partial charge in [-0.1, -0.05) is 6.07 Å². The van der Waals surface area contributed by atoms with Crippen molar-refractivity contribution in [2.24, 2.45) is 5.92 Å². The van der Waals surface area contributed by atoms with Crippen LogP contribution in [0.15, 0.2) is 18.2 Å². The van der Waals surface area contributed by atoms with Crippen molar-refractivity contribution in [1.82, 2.24) is 10.4 Å². The van der Waals surface area contributed by atoms with Gasteiger partial charge < -0.3 is 4.90 Å². The van der Waals surface area contributed by atoms with Gasteiger partial charge in [0.1, 0.15) is 0 Å². The molecule has 0 radical (unpaired) electrons. The van der Waals surface area contributed by atoms with Crippen LogP contribution in [0.5, 0.6) is 0 Å². The van der Waals surface area contributed by atoms with Gasteiger partial charge in [0.15, 0.2) is 0 Å². The molecule has 1 aliphatic heterocycles. The molecule has 0 atom stereocenters. The van der Waals surface area contributed by atoms with Crippen molar-refractivity contribution in [2.45, 2.75) is 25.8 Å². The van der Waals surface area contributed by atoms with Crippen molar-refractivity contribution in [1.29, 1.82) is 0 Å². The highest BCUT2D eigenvalue weighted by atomic mass is 16.5. The Labute approximate surface area is 111 Å². The molecule has 0 aromatic heterocycles. The minimum atomic E-state index is -0.501. The lowest BCUT2D eigenvalue weighted by Gasteiger charge is -2.29. The van der Waals surface area contributed by atoms with Gasteiger partial charge in [0.2, 0.25) is 5.91 Å². The molecule has 1 aliphatic carbocycles. The van der Waals surface area contributed by atoms with Crippen LogP contribution in [0.1, 0.15) is 34.3 Å². The zero-order chi connectivity index (χ0) is 13.4. The smallest absolute Gasteiger partial charge is 0.274 e. The van der Waals surface area contributed by atoms with Crippen molar-refractivity contribution in [3.63, 3.8) is 0 Å². The normalized spacial score (nSPS) is 17.8. The van der Waals surface area contributed by atoms with Gasteiger partial charge >= 0.3 is 0 Å². The van der Waals surface area contributed by atoms with Gasteiger partial charge in [-0.2, -0.15) is 0 Å². The van der Waals surface area contributed by atoms with E-state index in [9.17, 15) is 9.59 Å². The lowest BCUT2D eigenvalue weighted by Crippen LogP contribution is -2.37. The van der Waals surface area contributed by atoms with Crippen LogP contribution in [0.4, 0.5) is 0 Å². The Morgan fingerprint density at radius 3 is 2.74 bits per heavy atom. The Bertz CT molecular complexity index is 537. The number of amides is 2. The number of hydrogen-bond acceptors (Lipinski definition) is 3. The third-order valence-corrected chi connectivity index (χ3v) is 3.82. The first-order chi connectivity index (χ1) is 9.19. The molecule has 19 heavy (non-hydrogen) atoms. The summed E-state index contributed by atoms with van der Waals surface area (Å²) in [5.41, 5.74) is 4.26. The molecule has 1 saturated carbocycles. The fourth-order valence-corrected chi connectivity index (χ4v) is 2.54. The topological polar surface area (TPSA) is 69.6 Å². The lowest BCUT2D eigenvalue weighted by molar-refractivity contribution is -0.133. The number of hydrogen-bond donors (Lipinski definition) is 2. The SMILES string of the molecule is O=C(NO)c1ccc2c(c1)CCN(C(=O)C1CC1)C2. The Kier molecular flexibility index (Phi) is 2.98. The van der Waals surface area contributed by atoms with Gasteiger partial charge in [-0.3, -0.25) is 14.8 Å². The highest BCUT2D eigenvalue weighted by Gasteiger charge is 2.34. The molecule has 1 aromatic carbocycles. The second-order valence-electron chi connectivity index (χ2n) is 5.21. The van der Waals surface area contributed by atoms with E-state index in [1.165, 1.54) is 0 Å². The van der Waals surface area contributed by atoms with Gasteiger partial charge in [0.25, 0.3) is 5.91 Å². The highest BCUT2D eigenvalue weighted by Crippen LogP contribution is 2.32.